The molecule has 0 aromatic carbocycles. The van der Waals surface area contributed by atoms with Gasteiger partial charge in [-0.05, 0) is 67.2 Å². The molecule has 98 valence electrons. The van der Waals surface area contributed by atoms with E-state index >= 15 is 0 Å². The molecular weight excluding hydrogens is 290 g/mol. The van der Waals surface area contributed by atoms with E-state index in [1.165, 1.54) is 32.2 Å². The molecule has 1 aliphatic heterocycles. The number of aryl methyl sites for hydroxylation is 1. The first-order chi connectivity index (χ1) is 8.74. The summed E-state index contributed by atoms with van der Waals surface area (Å²) in [5.41, 5.74) is 1.08. The maximum absolute atomic E-state index is 4.73. The molecule has 1 aromatic heterocycles. The Morgan fingerprint density at radius 2 is 2.22 bits per heavy atom. The lowest BCUT2D eigenvalue weighted by atomic mass is 10.2. The van der Waals surface area contributed by atoms with E-state index in [1.807, 2.05) is 0 Å². The smallest absolute Gasteiger partial charge is 0.129 e. The van der Waals surface area contributed by atoms with E-state index < -0.39 is 0 Å². The van der Waals surface area contributed by atoms with Crippen LogP contribution >= 0.6 is 15.9 Å². The molecule has 0 spiro atoms. The van der Waals surface area contributed by atoms with Gasteiger partial charge in [0, 0.05) is 23.1 Å². The number of halogens is 1. The van der Waals surface area contributed by atoms with Crippen molar-refractivity contribution in [1.82, 2.24) is 10.3 Å². The van der Waals surface area contributed by atoms with Crippen LogP contribution in [0.5, 0.6) is 0 Å². The van der Waals surface area contributed by atoms with E-state index in [4.69, 9.17) is 4.98 Å². The van der Waals surface area contributed by atoms with Crippen molar-refractivity contribution in [3.8, 4) is 0 Å². The lowest BCUT2D eigenvalue weighted by Crippen LogP contribution is -2.39. The second-order valence-electron chi connectivity index (χ2n) is 5.41. The van der Waals surface area contributed by atoms with Crippen LogP contribution in [0.15, 0.2) is 16.6 Å². The summed E-state index contributed by atoms with van der Waals surface area (Å²) in [6, 6.07) is 5.64. The van der Waals surface area contributed by atoms with Gasteiger partial charge >= 0.3 is 0 Å². The van der Waals surface area contributed by atoms with Gasteiger partial charge in [0.1, 0.15) is 5.82 Å². The number of anilines is 1. The predicted octanol–water partition coefficient (Wildman–Crippen LogP) is 2.87. The van der Waals surface area contributed by atoms with E-state index in [2.05, 4.69) is 45.2 Å². The zero-order valence-corrected chi connectivity index (χ0v) is 12.4. The van der Waals surface area contributed by atoms with Gasteiger partial charge in [0.25, 0.3) is 0 Å². The number of rotatable bonds is 4. The average Bonchev–Trinajstić information content (AvgIpc) is 3.07. The van der Waals surface area contributed by atoms with Crippen molar-refractivity contribution in [3.05, 3.63) is 22.3 Å². The first-order valence-electron chi connectivity index (χ1n) is 6.87. The second kappa shape index (κ2) is 5.17. The Morgan fingerprint density at radius 3 is 2.83 bits per heavy atom. The number of aromatic nitrogens is 1. The highest BCUT2D eigenvalue weighted by Gasteiger charge is 2.32. The molecule has 0 amide bonds. The van der Waals surface area contributed by atoms with Gasteiger partial charge in [-0.1, -0.05) is 0 Å². The largest absolute Gasteiger partial charge is 0.352 e. The molecule has 3 nitrogen and oxygen atoms in total. The van der Waals surface area contributed by atoms with Gasteiger partial charge in [-0.25, -0.2) is 4.98 Å². The van der Waals surface area contributed by atoms with Gasteiger partial charge in [0.05, 0.1) is 5.69 Å². The Bertz CT molecular complexity index is 425. The molecule has 1 saturated heterocycles. The van der Waals surface area contributed by atoms with E-state index in [1.54, 1.807) is 0 Å². The topological polar surface area (TPSA) is 28.2 Å². The van der Waals surface area contributed by atoms with Gasteiger partial charge < -0.3 is 10.2 Å². The number of hydrogen-bond donors (Lipinski definition) is 1. The summed E-state index contributed by atoms with van der Waals surface area (Å²) in [6.45, 7) is 4.35. The zero-order chi connectivity index (χ0) is 12.5. The summed E-state index contributed by atoms with van der Waals surface area (Å²) in [4.78, 5) is 7.23. The highest BCUT2D eigenvalue weighted by atomic mass is 79.9. The molecule has 2 aliphatic rings. The van der Waals surface area contributed by atoms with Crippen LogP contribution in [0.3, 0.4) is 0 Å². The SMILES string of the molecule is Cc1nc(N(CC2CCCN2)C2CC2)ccc1Br. The standard InChI is InChI=1S/C14H20BrN3/c1-10-13(15)6-7-14(17-10)18(12-4-5-12)9-11-3-2-8-16-11/h6-7,11-12,16H,2-5,8-9H2,1H3. The van der Waals surface area contributed by atoms with Crippen molar-refractivity contribution in [1.29, 1.82) is 0 Å². The van der Waals surface area contributed by atoms with Crippen LogP contribution in [-0.2, 0) is 0 Å². The maximum atomic E-state index is 4.73. The quantitative estimate of drug-likeness (QED) is 0.927. The Balaban J connectivity index is 1.77. The van der Waals surface area contributed by atoms with Crippen molar-refractivity contribution >= 4 is 21.7 Å². The minimum atomic E-state index is 0.649. The van der Waals surface area contributed by atoms with Crippen LogP contribution in [-0.4, -0.2) is 30.2 Å². The first-order valence-corrected chi connectivity index (χ1v) is 7.66. The molecule has 18 heavy (non-hydrogen) atoms. The summed E-state index contributed by atoms with van der Waals surface area (Å²) >= 11 is 3.53. The van der Waals surface area contributed by atoms with Crippen LogP contribution in [0.1, 0.15) is 31.4 Å². The fraction of sp³-hybridized carbons (Fsp3) is 0.643. The molecule has 0 bridgehead atoms. The van der Waals surface area contributed by atoms with E-state index in [9.17, 15) is 0 Å². The van der Waals surface area contributed by atoms with Gasteiger partial charge in [-0.3, -0.25) is 0 Å². The van der Waals surface area contributed by atoms with Crippen LogP contribution in [0, 0.1) is 6.92 Å². The predicted molar refractivity (Wildman–Crippen MR) is 78.1 cm³/mol. The summed E-state index contributed by atoms with van der Waals surface area (Å²) in [5.74, 6) is 1.15. The summed E-state index contributed by atoms with van der Waals surface area (Å²) in [5, 5.41) is 3.59. The third-order valence-corrected chi connectivity index (χ3v) is 4.71. The van der Waals surface area contributed by atoms with E-state index in [0.717, 1.165) is 28.6 Å². The Kier molecular flexibility index (Phi) is 3.57. The molecule has 1 N–H and O–H groups in total. The van der Waals surface area contributed by atoms with Crippen molar-refractivity contribution in [2.75, 3.05) is 18.0 Å². The van der Waals surface area contributed by atoms with Crippen molar-refractivity contribution < 1.29 is 0 Å². The minimum absolute atomic E-state index is 0.649. The van der Waals surface area contributed by atoms with E-state index in [0.29, 0.717) is 6.04 Å². The molecule has 1 atom stereocenters. The number of nitrogens with one attached hydrogen (secondary N) is 1. The maximum Gasteiger partial charge on any atom is 0.129 e. The highest BCUT2D eigenvalue weighted by Crippen LogP contribution is 2.32. The van der Waals surface area contributed by atoms with Gasteiger partial charge in [0.2, 0.25) is 0 Å². The zero-order valence-electron chi connectivity index (χ0n) is 10.8. The minimum Gasteiger partial charge on any atom is -0.352 e. The number of nitrogens with zero attached hydrogens (tertiary/aromatic N) is 2. The third-order valence-electron chi connectivity index (χ3n) is 3.87. The van der Waals surface area contributed by atoms with Gasteiger partial charge in [-0.2, -0.15) is 0 Å². The van der Waals surface area contributed by atoms with E-state index in [-0.39, 0.29) is 0 Å². The highest BCUT2D eigenvalue weighted by molar-refractivity contribution is 9.10. The molecule has 2 heterocycles. The molecule has 4 heteroatoms. The fourth-order valence-electron chi connectivity index (χ4n) is 2.66. The summed E-state index contributed by atoms with van der Waals surface area (Å²) in [7, 11) is 0. The molecule has 3 rings (SSSR count). The summed E-state index contributed by atoms with van der Waals surface area (Å²) in [6.07, 6.45) is 5.27. The average molecular weight is 310 g/mol. The van der Waals surface area contributed by atoms with Crippen molar-refractivity contribution in [2.45, 2.75) is 44.7 Å². The second-order valence-corrected chi connectivity index (χ2v) is 6.27. The Labute approximate surface area is 117 Å². The molecule has 1 aliphatic carbocycles. The van der Waals surface area contributed by atoms with Gasteiger partial charge in [-0.15, -0.1) is 0 Å². The normalized spacial score (nSPS) is 23.3. The molecule has 1 unspecified atom stereocenters. The molecule has 1 saturated carbocycles. The van der Waals surface area contributed by atoms with Gasteiger partial charge in [0.15, 0.2) is 0 Å². The molecular formula is C14H20BrN3. The Hall–Kier alpha value is -0.610. The summed E-state index contributed by atoms with van der Waals surface area (Å²) < 4.78 is 1.10. The lowest BCUT2D eigenvalue weighted by molar-refractivity contribution is 0.575. The molecule has 2 fully saturated rings. The van der Waals surface area contributed by atoms with Crippen LogP contribution in [0.4, 0.5) is 5.82 Å². The van der Waals surface area contributed by atoms with Crippen molar-refractivity contribution in [2.24, 2.45) is 0 Å². The van der Waals surface area contributed by atoms with Crippen LogP contribution < -0.4 is 10.2 Å². The molecule has 1 aromatic rings. The molecule has 0 radical (unpaired) electrons. The van der Waals surface area contributed by atoms with Crippen LogP contribution in [0.2, 0.25) is 0 Å². The first kappa shape index (κ1) is 12.4. The number of pyridine rings is 1. The lowest BCUT2D eigenvalue weighted by Gasteiger charge is -2.27. The number of hydrogen-bond acceptors (Lipinski definition) is 3. The van der Waals surface area contributed by atoms with Crippen LogP contribution in [0.25, 0.3) is 0 Å². The fourth-order valence-corrected chi connectivity index (χ4v) is 2.88. The Morgan fingerprint density at radius 1 is 1.39 bits per heavy atom. The monoisotopic (exact) mass is 309 g/mol. The third kappa shape index (κ3) is 2.69. The van der Waals surface area contributed by atoms with Crippen molar-refractivity contribution in [3.63, 3.8) is 0 Å².